The molecule has 1 rings (SSSR count). The summed E-state index contributed by atoms with van der Waals surface area (Å²) in [6, 6.07) is 4.86. The van der Waals surface area contributed by atoms with Gasteiger partial charge >= 0.3 is 0 Å². The summed E-state index contributed by atoms with van der Waals surface area (Å²) in [5.41, 5.74) is 0.425. The standard InChI is InChI=1S/C13H17N3O2/c1-9(2)13(10(3)17)15-12(18)8-16-6-4-5-11(16)7-14/h4-6,9,13H,8H2,1-3H3,(H,15,18). The zero-order chi connectivity index (χ0) is 13.7. The van der Waals surface area contributed by atoms with Crippen molar-refractivity contribution in [3.05, 3.63) is 24.0 Å². The van der Waals surface area contributed by atoms with Gasteiger partial charge in [0.2, 0.25) is 5.91 Å². The predicted molar refractivity (Wildman–Crippen MR) is 66.6 cm³/mol. The Balaban J connectivity index is 2.67. The van der Waals surface area contributed by atoms with Crippen LogP contribution in [0.4, 0.5) is 0 Å². The van der Waals surface area contributed by atoms with Gasteiger partial charge in [0.25, 0.3) is 0 Å². The summed E-state index contributed by atoms with van der Waals surface area (Å²) in [5, 5.41) is 11.5. The molecule has 1 heterocycles. The molecule has 1 unspecified atom stereocenters. The van der Waals surface area contributed by atoms with Gasteiger partial charge in [0.1, 0.15) is 18.3 Å². The average molecular weight is 247 g/mol. The summed E-state index contributed by atoms with van der Waals surface area (Å²) in [6.07, 6.45) is 1.66. The van der Waals surface area contributed by atoms with Crippen LogP contribution in [0, 0.1) is 17.2 Å². The fourth-order valence-electron chi connectivity index (χ4n) is 1.76. The van der Waals surface area contributed by atoms with Crippen LogP contribution in [0.5, 0.6) is 0 Å². The van der Waals surface area contributed by atoms with Crippen molar-refractivity contribution >= 4 is 11.7 Å². The molecule has 1 amide bonds. The highest BCUT2D eigenvalue weighted by molar-refractivity contribution is 5.87. The van der Waals surface area contributed by atoms with E-state index in [1.165, 1.54) is 6.92 Å². The fourth-order valence-corrected chi connectivity index (χ4v) is 1.76. The first-order valence-electron chi connectivity index (χ1n) is 5.80. The van der Waals surface area contributed by atoms with Crippen molar-refractivity contribution in [1.82, 2.24) is 9.88 Å². The number of hydrogen-bond donors (Lipinski definition) is 1. The van der Waals surface area contributed by atoms with Crippen LogP contribution < -0.4 is 5.32 Å². The van der Waals surface area contributed by atoms with Crippen LogP contribution in [0.1, 0.15) is 26.5 Å². The molecule has 1 N–H and O–H groups in total. The van der Waals surface area contributed by atoms with E-state index in [9.17, 15) is 9.59 Å². The molecule has 0 saturated carbocycles. The summed E-state index contributed by atoms with van der Waals surface area (Å²) in [5.74, 6) is -0.283. The second-order valence-electron chi connectivity index (χ2n) is 4.53. The molecule has 1 aromatic rings. The molecule has 18 heavy (non-hydrogen) atoms. The van der Waals surface area contributed by atoms with Gasteiger partial charge in [-0.05, 0) is 25.0 Å². The Morgan fingerprint density at radius 3 is 2.67 bits per heavy atom. The molecule has 1 atom stereocenters. The van der Waals surface area contributed by atoms with Crippen molar-refractivity contribution in [1.29, 1.82) is 5.26 Å². The third-order valence-electron chi connectivity index (χ3n) is 2.68. The number of ketones is 1. The van der Waals surface area contributed by atoms with Crippen molar-refractivity contribution in [2.24, 2.45) is 5.92 Å². The number of Topliss-reactive ketones (excluding diaryl/α,β-unsaturated/α-hetero) is 1. The van der Waals surface area contributed by atoms with E-state index in [1.54, 1.807) is 22.9 Å². The number of carbonyl (C=O) groups excluding carboxylic acids is 2. The van der Waals surface area contributed by atoms with E-state index in [1.807, 2.05) is 19.9 Å². The highest BCUT2D eigenvalue weighted by atomic mass is 16.2. The zero-order valence-electron chi connectivity index (χ0n) is 10.8. The molecule has 96 valence electrons. The Morgan fingerprint density at radius 2 is 2.17 bits per heavy atom. The third-order valence-corrected chi connectivity index (χ3v) is 2.68. The third kappa shape index (κ3) is 3.45. The Morgan fingerprint density at radius 1 is 1.50 bits per heavy atom. The molecule has 1 aromatic heterocycles. The minimum atomic E-state index is -0.474. The quantitative estimate of drug-likeness (QED) is 0.846. The van der Waals surface area contributed by atoms with Crippen LogP contribution in [0.25, 0.3) is 0 Å². The van der Waals surface area contributed by atoms with Crippen LogP contribution >= 0.6 is 0 Å². The number of nitriles is 1. The number of nitrogens with zero attached hydrogens (tertiary/aromatic N) is 2. The van der Waals surface area contributed by atoms with Gasteiger partial charge in [-0.15, -0.1) is 0 Å². The Hall–Kier alpha value is -2.09. The van der Waals surface area contributed by atoms with Gasteiger partial charge in [0, 0.05) is 6.20 Å². The van der Waals surface area contributed by atoms with Crippen molar-refractivity contribution in [3.63, 3.8) is 0 Å². The van der Waals surface area contributed by atoms with Crippen LogP contribution in [-0.2, 0) is 16.1 Å². The van der Waals surface area contributed by atoms with E-state index in [-0.39, 0.29) is 24.2 Å². The summed E-state index contributed by atoms with van der Waals surface area (Å²) in [7, 11) is 0. The molecular weight excluding hydrogens is 230 g/mol. The number of hydrogen-bond acceptors (Lipinski definition) is 3. The van der Waals surface area contributed by atoms with E-state index in [0.29, 0.717) is 5.69 Å². The highest BCUT2D eigenvalue weighted by Crippen LogP contribution is 2.04. The average Bonchev–Trinajstić information content (AvgIpc) is 2.72. The fraction of sp³-hybridized carbons (Fsp3) is 0.462. The smallest absolute Gasteiger partial charge is 0.240 e. The minimum Gasteiger partial charge on any atom is -0.344 e. The van der Waals surface area contributed by atoms with Crippen molar-refractivity contribution < 1.29 is 9.59 Å². The maximum atomic E-state index is 11.8. The Labute approximate surface area is 106 Å². The summed E-state index contributed by atoms with van der Waals surface area (Å²) < 4.78 is 1.55. The molecule has 0 bridgehead atoms. The Bertz CT molecular complexity index is 483. The topological polar surface area (TPSA) is 74.9 Å². The van der Waals surface area contributed by atoms with E-state index >= 15 is 0 Å². The lowest BCUT2D eigenvalue weighted by molar-refractivity contribution is -0.128. The van der Waals surface area contributed by atoms with Gasteiger partial charge in [0.05, 0.1) is 6.04 Å². The maximum absolute atomic E-state index is 11.8. The van der Waals surface area contributed by atoms with Crippen molar-refractivity contribution in [2.75, 3.05) is 0 Å². The molecule has 0 saturated heterocycles. The first-order chi connectivity index (χ1) is 8.45. The zero-order valence-corrected chi connectivity index (χ0v) is 10.8. The maximum Gasteiger partial charge on any atom is 0.240 e. The molecule has 0 spiro atoms. The first-order valence-corrected chi connectivity index (χ1v) is 5.80. The molecule has 0 aromatic carbocycles. The minimum absolute atomic E-state index is 0.0477. The highest BCUT2D eigenvalue weighted by Gasteiger charge is 2.20. The summed E-state index contributed by atoms with van der Waals surface area (Å²) in [6.45, 7) is 5.26. The van der Waals surface area contributed by atoms with Gasteiger partial charge in [-0.1, -0.05) is 13.8 Å². The van der Waals surface area contributed by atoms with Gasteiger partial charge in [-0.25, -0.2) is 0 Å². The van der Waals surface area contributed by atoms with Crippen molar-refractivity contribution in [2.45, 2.75) is 33.4 Å². The molecule has 5 heteroatoms. The van der Waals surface area contributed by atoms with Crippen LogP contribution in [-0.4, -0.2) is 22.3 Å². The number of nitrogens with one attached hydrogen (secondary N) is 1. The van der Waals surface area contributed by atoms with E-state index in [2.05, 4.69) is 5.32 Å². The SMILES string of the molecule is CC(=O)C(NC(=O)Cn1cccc1C#N)C(C)C. The molecule has 0 aliphatic rings. The van der Waals surface area contributed by atoms with Crippen molar-refractivity contribution in [3.8, 4) is 6.07 Å². The monoisotopic (exact) mass is 247 g/mol. The largest absolute Gasteiger partial charge is 0.344 e. The lowest BCUT2D eigenvalue weighted by atomic mass is 10.0. The second kappa shape index (κ2) is 6.01. The molecule has 0 aliphatic heterocycles. The Kier molecular flexibility index (Phi) is 4.67. The summed E-state index contributed by atoms with van der Waals surface area (Å²) in [4.78, 5) is 23.2. The first kappa shape index (κ1) is 14.0. The van der Waals surface area contributed by atoms with E-state index in [0.717, 1.165) is 0 Å². The second-order valence-corrected chi connectivity index (χ2v) is 4.53. The van der Waals surface area contributed by atoms with Crippen LogP contribution in [0.2, 0.25) is 0 Å². The van der Waals surface area contributed by atoms with Crippen LogP contribution in [0.15, 0.2) is 18.3 Å². The van der Waals surface area contributed by atoms with Crippen LogP contribution in [0.3, 0.4) is 0 Å². The lowest BCUT2D eigenvalue weighted by Gasteiger charge is -2.19. The number of amides is 1. The predicted octanol–water partition coefficient (Wildman–Crippen LogP) is 1.09. The molecule has 0 aliphatic carbocycles. The lowest BCUT2D eigenvalue weighted by Crippen LogP contribution is -2.44. The normalized spacial score (nSPS) is 11.9. The van der Waals surface area contributed by atoms with E-state index in [4.69, 9.17) is 5.26 Å². The molecule has 5 nitrogen and oxygen atoms in total. The molecular formula is C13H17N3O2. The number of carbonyl (C=O) groups is 2. The van der Waals surface area contributed by atoms with Gasteiger partial charge in [0.15, 0.2) is 5.78 Å². The van der Waals surface area contributed by atoms with Gasteiger partial charge < -0.3 is 9.88 Å². The van der Waals surface area contributed by atoms with E-state index < -0.39 is 6.04 Å². The number of rotatable bonds is 5. The summed E-state index contributed by atoms with van der Waals surface area (Å²) >= 11 is 0. The van der Waals surface area contributed by atoms with Gasteiger partial charge in [-0.2, -0.15) is 5.26 Å². The molecule has 0 radical (unpaired) electrons. The molecule has 0 fully saturated rings. The number of aromatic nitrogens is 1. The van der Waals surface area contributed by atoms with Gasteiger partial charge in [-0.3, -0.25) is 9.59 Å².